The molecule has 4 nitrogen and oxygen atoms in total. The van der Waals surface area contributed by atoms with Crippen LogP contribution in [-0.2, 0) is 11.2 Å². The summed E-state index contributed by atoms with van der Waals surface area (Å²) in [5.74, 6) is -0.0300. The summed E-state index contributed by atoms with van der Waals surface area (Å²) >= 11 is 12.3. The van der Waals surface area contributed by atoms with Crippen molar-refractivity contribution in [1.29, 1.82) is 0 Å². The Hall–Kier alpha value is -1.23. The van der Waals surface area contributed by atoms with Gasteiger partial charge < -0.3 is 15.6 Å². The van der Waals surface area contributed by atoms with E-state index in [2.05, 4.69) is 4.98 Å². The van der Waals surface area contributed by atoms with E-state index in [0.29, 0.717) is 16.6 Å². The molecule has 1 atom stereocenters. The van der Waals surface area contributed by atoms with E-state index in [0.717, 1.165) is 28.6 Å². The normalized spacial score (nSPS) is 18.4. The molecule has 0 bridgehead atoms. The number of benzene rings is 1. The molecule has 1 aliphatic rings. The number of nitrogens with two attached hydrogens (primary N) is 1. The summed E-state index contributed by atoms with van der Waals surface area (Å²) in [4.78, 5) is 17.1. The lowest BCUT2D eigenvalue weighted by Crippen LogP contribution is -2.41. The quantitative estimate of drug-likeness (QED) is 0.850. The van der Waals surface area contributed by atoms with Gasteiger partial charge in [-0.3, -0.25) is 4.79 Å². The third kappa shape index (κ3) is 1.91. The summed E-state index contributed by atoms with van der Waals surface area (Å²) in [6.45, 7) is 2.72. The van der Waals surface area contributed by atoms with Gasteiger partial charge in [0.25, 0.3) is 0 Å². The van der Waals surface area contributed by atoms with Crippen LogP contribution in [0.2, 0.25) is 10.0 Å². The summed E-state index contributed by atoms with van der Waals surface area (Å²) in [5, 5.41) is 2.08. The third-order valence-electron chi connectivity index (χ3n) is 3.97. The highest BCUT2D eigenvalue weighted by Gasteiger charge is 2.30. The summed E-state index contributed by atoms with van der Waals surface area (Å²) in [6, 6.07) is 3.73. The molecule has 106 valence electrons. The molecular weight excluding hydrogens is 297 g/mol. The Balaban J connectivity index is 2.17. The maximum absolute atomic E-state index is 11.9. The van der Waals surface area contributed by atoms with Gasteiger partial charge in [-0.25, -0.2) is 0 Å². The number of carbonyl (C=O) groups is 1. The van der Waals surface area contributed by atoms with Crippen molar-refractivity contribution in [2.75, 3.05) is 13.1 Å². The molecule has 1 amide bonds. The van der Waals surface area contributed by atoms with Crippen LogP contribution in [0.15, 0.2) is 12.1 Å². The van der Waals surface area contributed by atoms with Crippen LogP contribution in [0.4, 0.5) is 0 Å². The lowest BCUT2D eigenvalue weighted by atomic mass is 9.97. The Bertz CT molecular complexity index is 695. The molecule has 1 aromatic carbocycles. The molecule has 1 unspecified atom stereocenters. The Kier molecular flexibility index (Phi) is 3.40. The van der Waals surface area contributed by atoms with Crippen molar-refractivity contribution in [2.24, 2.45) is 5.73 Å². The molecular formula is C14H15Cl2N3O. The Morgan fingerprint density at radius 2 is 2.25 bits per heavy atom. The smallest absolute Gasteiger partial charge is 0.236 e. The number of hydrogen-bond donors (Lipinski definition) is 2. The first-order valence-corrected chi connectivity index (χ1v) is 7.28. The SMILES string of the molecule is CC1c2c([nH]c3c(Cl)c(Cl)ccc23)CCN1C(=O)CN. The van der Waals surface area contributed by atoms with Gasteiger partial charge in [0, 0.05) is 29.6 Å². The van der Waals surface area contributed by atoms with E-state index < -0.39 is 0 Å². The minimum atomic E-state index is -0.0300. The zero-order chi connectivity index (χ0) is 14.4. The molecule has 2 aromatic rings. The van der Waals surface area contributed by atoms with Gasteiger partial charge in [-0.2, -0.15) is 0 Å². The fourth-order valence-electron chi connectivity index (χ4n) is 2.99. The maximum Gasteiger partial charge on any atom is 0.236 e. The van der Waals surface area contributed by atoms with Gasteiger partial charge in [-0.1, -0.05) is 29.3 Å². The van der Waals surface area contributed by atoms with Gasteiger partial charge in [-0.05, 0) is 13.0 Å². The maximum atomic E-state index is 11.9. The van der Waals surface area contributed by atoms with Crippen molar-refractivity contribution in [2.45, 2.75) is 19.4 Å². The fourth-order valence-corrected chi connectivity index (χ4v) is 3.36. The topological polar surface area (TPSA) is 62.1 Å². The fraction of sp³-hybridized carbons (Fsp3) is 0.357. The van der Waals surface area contributed by atoms with Crippen LogP contribution in [0.5, 0.6) is 0 Å². The highest BCUT2D eigenvalue weighted by molar-refractivity contribution is 6.45. The zero-order valence-corrected chi connectivity index (χ0v) is 12.6. The largest absolute Gasteiger partial charge is 0.357 e. The number of H-pyrrole nitrogens is 1. The summed E-state index contributed by atoms with van der Waals surface area (Å²) in [6.07, 6.45) is 0.772. The van der Waals surface area contributed by atoms with E-state index >= 15 is 0 Å². The summed E-state index contributed by atoms with van der Waals surface area (Å²) in [7, 11) is 0. The van der Waals surface area contributed by atoms with E-state index in [1.807, 2.05) is 17.9 Å². The molecule has 0 saturated heterocycles. The van der Waals surface area contributed by atoms with Crippen molar-refractivity contribution in [1.82, 2.24) is 9.88 Å². The molecule has 20 heavy (non-hydrogen) atoms. The van der Waals surface area contributed by atoms with Gasteiger partial charge >= 0.3 is 0 Å². The predicted octanol–water partition coefficient (Wildman–Crippen LogP) is 2.88. The molecule has 0 spiro atoms. The Labute approximate surface area is 126 Å². The second-order valence-corrected chi connectivity index (χ2v) is 5.80. The first kappa shape index (κ1) is 13.7. The second-order valence-electron chi connectivity index (χ2n) is 5.02. The minimum absolute atomic E-state index is 0.0132. The van der Waals surface area contributed by atoms with Crippen molar-refractivity contribution < 1.29 is 4.79 Å². The van der Waals surface area contributed by atoms with Gasteiger partial charge in [0.2, 0.25) is 5.91 Å². The van der Waals surface area contributed by atoms with E-state index in [1.54, 1.807) is 6.07 Å². The van der Waals surface area contributed by atoms with Crippen LogP contribution in [0.25, 0.3) is 10.9 Å². The van der Waals surface area contributed by atoms with Crippen LogP contribution >= 0.6 is 23.2 Å². The zero-order valence-electron chi connectivity index (χ0n) is 11.0. The van der Waals surface area contributed by atoms with Crippen molar-refractivity contribution in [3.05, 3.63) is 33.4 Å². The average molecular weight is 312 g/mol. The standard InChI is InChI=1S/C14H15Cl2N3O/c1-7-12-8-2-3-9(15)13(16)14(8)18-10(12)4-5-19(7)11(20)6-17/h2-3,7,18H,4-6,17H2,1H3. The number of halogens is 2. The van der Waals surface area contributed by atoms with Gasteiger partial charge in [0.05, 0.1) is 28.1 Å². The predicted molar refractivity (Wildman–Crippen MR) is 81.2 cm³/mol. The molecule has 0 saturated carbocycles. The number of nitrogens with zero attached hydrogens (tertiary/aromatic N) is 1. The Morgan fingerprint density at radius 3 is 2.95 bits per heavy atom. The number of aromatic nitrogens is 1. The van der Waals surface area contributed by atoms with E-state index in [1.165, 1.54) is 0 Å². The number of hydrogen-bond acceptors (Lipinski definition) is 2. The highest BCUT2D eigenvalue weighted by Crippen LogP contribution is 2.39. The Morgan fingerprint density at radius 1 is 1.50 bits per heavy atom. The molecule has 6 heteroatoms. The van der Waals surface area contributed by atoms with E-state index in [4.69, 9.17) is 28.9 Å². The molecule has 3 N–H and O–H groups in total. The number of rotatable bonds is 1. The molecule has 1 aliphatic heterocycles. The van der Waals surface area contributed by atoms with Crippen LogP contribution in [0.1, 0.15) is 24.2 Å². The molecule has 1 aromatic heterocycles. The second kappa shape index (κ2) is 4.95. The van der Waals surface area contributed by atoms with Crippen molar-refractivity contribution in [3.63, 3.8) is 0 Å². The molecule has 2 heterocycles. The summed E-state index contributed by atoms with van der Waals surface area (Å²) in [5.41, 5.74) is 8.56. The first-order chi connectivity index (χ1) is 9.54. The minimum Gasteiger partial charge on any atom is -0.357 e. The summed E-state index contributed by atoms with van der Waals surface area (Å²) < 4.78 is 0. The first-order valence-electron chi connectivity index (χ1n) is 6.52. The van der Waals surface area contributed by atoms with Crippen LogP contribution in [0, 0.1) is 0 Å². The van der Waals surface area contributed by atoms with Crippen LogP contribution < -0.4 is 5.73 Å². The molecule has 0 fully saturated rings. The lowest BCUT2D eigenvalue weighted by molar-refractivity contribution is -0.132. The van der Waals surface area contributed by atoms with E-state index in [9.17, 15) is 4.79 Å². The van der Waals surface area contributed by atoms with Crippen LogP contribution in [-0.4, -0.2) is 28.9 Å². The molecule has 3 rings (SSSR count). The number of carbonyl (C=O) groups excluding carboxylic acids is 1. The molecule has 0 aliphatic carbocycles. The van der Waals surface area contributed by atoms with Crippen LogP contribution in [0.3, 0.4) is 0 Å². The third-order valence-corrected chi connectivity index (χ3v) is 4.77. The average Bonchev–Trinajstić information content (AvgIpc) is 2.83. The number of nitrogens with one attached hydrogen (secondary N) is 1. The van der Waals surface area contributed by atoms with Crippen molar-refractivity contribution >= 4 is 40.0 Å². The number of amides is 1. The number of fused-ring (bicyclic) bond motifs is 3. The van der Waals surface area contributed by atoms with Gasteiger partial charge in [-0.15, -0.1) is 0 Å². The van der Waals surface area contributed by atoms with Gasteiger partial charge in [0.15, 0.2) is 0 Å². The van der Waals surface area contributed by atoms with E-state index in [-0.39, 0.29) is 18.5 Å². The van der Waals surface area contributed by atoms with Crippen molar-refractivity contribution in [3.8, 4) is 0 Å². The van der Waals surface area contributed by atoms with Gasteiger partial charge in [0.1, 0.15) is 0 Å². The highest BCUT2D eigenvalue weighted by atomic mass is 35.5. The molecule has 0 radical (unpaired) electrons. The monoisotopic (exact) mass is 311 g/mol. The number of aromatic amines is 1. The lowest BCUT2D eigenvalue weighted by Gasteiger charge is -2.33.